The van der Waals surface area contributed by atoms with Gasteiger partial charge in [-0.3, -0.25) is 9.59 Å². The molecule has 0 spiro atoms. The van der Waals surface area contributed by atoms with E-state index in [0.29, 0.717) is 22.1 Å². The molecule has 1 aliphatic heterocycles. The topological polar surface area (TPSA) is 70.8 Å². The van der Waals surface area contributed by atoms with Crippen LogP contribution in [-0.2, 0) is 0 Å². The third-order valence-electron chi connectivity index (χ3n) is 4.63. The number of rotatable bonds is 3. The van der Waals surface area contributed by atoms with E-state index in [2.05, 4.69) is 6.58 Å². The summed E-state index contributed by atoms with van der Waals surface area (Å²) >= 11 is 0. The average Bonchev–Trinajstić information content (AvgIpc) is 2.89. The molecule has 1 atom stereocenters. The Kier molecular flexibility index (Phi) is 3.65. The van der Waals surface area contributed by atoms with Gasteiger partial charge in [0.2, 0.25) is 5.76 Å². The molecule has 1 unspecified atom stereocenters. The molecule has 0 aliphatic carbocycles. The molecule has 26 heavy (non-hydrogen) atoms. The molecule has 2 aromatic carbocycles. The number of benzene rings is 2. The molecule has 0 bridgehead atoms. The zero-order valence-electron chi connectivity index (χ0n) is 14.2. The van der Waals surface area contributed by atoms with Crippen molar-refractivity contribution in [2.45, 2.75) is 13.0 Å². The third kappa shape index (κ3) is 2.32. The summed E-state index contributed by atoms with van der Waals surface area (Å²) in [5.74, 6) is -0.225. The van der Waals surface area contributed by atoms with Gasteiger partial charge >= 0.3 is 0 Å². The zero-order chi connectivity index (χ0) is 18.4. The number of nitrogens with zero attached hydrogens (tertiary/aromatic N) is 1. The van der Waals surface area contributed by atoms with Crippen LogP contribution in [0.1, 0.15) is 33.3 Å². The van der Waals surface area contributed by atoms with Crippen molar-refractivity contribution in [3.05, 3.63) is 87.8 Å². The minimum absolute atomic E-state index is 0.0570. The van der Waals surface area contributed by atoms with Gasteiger partial charge in [0.1, 0.15) is 11.3 Å². The smallest absolute Gasteiger partial charge is 0.291 e. The monoisotopic (exact) mass is 347 g/mol. The molecule has 130 valence electrons. The van der Waals surface area contributed by atoms with Gasteiger partial charge in [-0.25, -0.2) is 0 Å². The fraction of sp³-hybridized carbons (Fsp3) is 0.143. The van der Waals surface area contributed by atoms with Gasteiger partial charge < -0.3 is 14.4 Å². The first kappa shape index (κ1) is 16.1. The molecule has 1 aliphatic rings. The van der Waals surface area contributed by atoms with Gasteiger partial charge in [-0.1, -0.05) is 29.8 Å². The van der Waals surface area contributed by atoms with E-state index in [1.165, 1.54) is 4.90 Å². The van der Waals surface area contributed by atoms with Crippen LogP contribution in [0.3, 0.4) is 0 Å². The van der Waals surface area contributed by atoms with E-state index >= 15 is 0 Å². The minimum atomic E-state index is -0.622. The number of hydrogen-bond acceptors (Lipinski definition) is 4. The second kappa shape index (κ2) is 5.88. The summed E-state index contributed by atoms with van der Waals surface area (Å²) < 4.78 is 5.82. The molecule has 1 aromatic heterocycles. The molecule has 4 rings (SSSR count). The maximum atomic E-state index is 13.2. The van der Waals surface area contributed by atoms with Gasteiger partial charge in [-0.15, -0.1) is 6.58 Å². The Morgan fingerprint density at radius 2 is 2.04 bits per heavy atom. The lowest BCUT2D eigenvalue weighted by Crippen LogP contribution is -2.29. The molecule has 2 heterocycles. The van der Waals surface area contributed by atoms with E-state index in [1.54, 1.807) is 42.5 Å². The van der Waals surface area contributed by atoms with Crippen LogP contribution in [-0.4, -0.2) is 22.5 Å². The minimum Gasteiger partial charge on any atom is -0.508 e. The van der Waals surface area contributed by atoms with Crippen LogP contribution in [0.4, 0.5) is 0 Å². The first-order valence-electron chi connectivity index (χ1n) is 8.29. The quantitative estimate of drug-likeness (QED) is 0.736. The van der Waals surface area contributed by atoms with Crippen molar-refractivity contribution in [2.24, 2.45) is 0 Å². The number of fused-ring (bicyclic) bond motifs is 2. The SMILES string of the molecule is C=CCN1C(=O)c2oc3ccc(C)cc3c(=O)c2C1c1cccc(O)c1. The predicted octanol–water partition coefficient (Wildman–Crippen LogP) is 3.54. The van der Waals surface area contributed by atoms with Gasteiger partial charge in [0.05, 0.1) is 17.0 Å². The highest BCUT2D eigenvalue weighted by molar-refractivity contribution is 5.99. The standard InChI is InChI=1S/C21H17NO4/c1-3-9-22-18(13-5-4-6-14(23)11-13)17-19(24)15-10-12(2)7-8-16(15)26-20(17)21(22)25/h3-8,10-11,18,23H,1,9H2,2H3. The van der Waals surface area contributed by atoms with Crippen molar-refractivity contribution in [1.29, 1.82) is 0 Å². The zero-order valence-corrected chi connectivity index (χ0v) is 14.2. The molecule has 5 heteroatoms. The maximum Gasteiger partial charge on any atom is 0.291 e. The Hall–Kier alpha value is -3.34. The average molecular weight is 347 g/mol. The summed E-state index contributed by atoms with van der Waals surface area (Å²) in [4.78, 5) is 27.6. The summed E-state index contributed by atoms with van der Waals surface area (Å²) in [6.07, 6.45) is 1.61. The van der Waals surface area contributed by atoms with Crippen molar-refractivity contribution >= 4 is 16.9 Å². The number of aryl methyl sites for hydroxylation is 1. The van der Waals surface area contributed by atoms with Crippen molar-refractivity contribution in [3.8, 4) is 5.75 Å². The van der Waals surface area contributed by atoms with E-state index < -0.39 is 6.04 Å². The van der Waals surface area contributed by atoms with Gasteiger partial charge in [0, 0.05) is 6.54 Å². The van der Waals surface area contributed by atoms with Crippen LogP contribution in [0, 0.1) is 6.92 Å². The second-order valence-electron chi connectivity index (χ2n) is 6.42. The maximum absolute atomic E-state index is 13.2. The van der Waals surface area contributed by atoms with Crippen LogP contribution in [0.25, 0.3) is 11.0 Å². The summed E-state index contributed by atoms with van der Waals surface area (Å²) in [6, 6.07) is 11.3. The van der Waals surface area contributed by atoms with E-state index in [1.807, 2.05) is 13.0 Å². The van der Waals surface area contributed by atoms with Crippen LogP contribution in [0.2, 0.25) is 0 Å². The number of hydrogen-bond donors (Lipinski definition) is 1. The van der Waals surface area contributed by atoms with Gasteiger partial charge in [-0.05, 0) is 36.8 Å². The number of amides is 1. The molecule has 5 nitrogen and oxygen atoms in total. The van der Waals surface area contributed by atoms with Crippen LogP contribution >= 0.6 is 0 Å². The van der Waals surface area contributed by atoms with Crippen molar-refractivity contribution in [1.82, 2.24) is 4.90 Å². The molecule has 1 N–H and O–H groups in total. The summed E-state index contributed by atoms with van der Waals surface area (Å²) in [7, 11) is 0. The molecular formula is C21H17NO4. The normalized spacial score (nSPS) is 16.1. The van der Waals surface area contributed by atoms with Gasteiger partial charge in [0.15, 0.2) is 5.43 Å². The molecule has 0 fully saturated rings. The number of phenolic OH excluding ortho intramolecular Hbond substituents is 1. The second-order valence-corrected chi connectivity index (χ2v) is 6.42. The Bertz CT molecular complexity index is 1110. The fourth-order valence-electron chi connectivity index (χ4n) is 3.50. The van der Waals surface area contributed by atoms with Crippen LogP contribution in [0.5, 0.6) is 5.75 Å². The lowest BCUT2D eigenvalue weighted by atomic mass is 9.98. The van der Waals surface area contributed by atoms with Crippen molar-refractivity contribution in [3.63, 3.8) is 0 Å². The highest BCUT2D eigenvalue weighted by Crippen LogP contribution is 2.38. The predicted molar refractivity (Wildman–Crippen MR) is 98.4 cm³/mol. The van der Waals surface area contributed by atoms with Crippen LogP contribution < -0.4 is 5.43 Å². The highest BCUT2D eigenvalue weighted by atomic mass is 16.3. The van der Waals surface area contributed by atoms with Crippen LogP contribution in [0.15, 0.2) is 64.3 Å². The first-order valence-corrected chi connectivity index (χ1v) is 8.29. The Morgan fingerprint density at radius 1 is 1.23 bits per heavy atom. The van der Waals surface area contributed by atoms with E-state index in [0.717, 1.165) is 5.56 Å². The molecular weight excluding hydrogens is 330 g/mol. The third-order valence-corrected chi connectivity index (χ3v) is 4.63. The lowest BCUT2D eigenvalue weighted by Gasteiger charge is -2.23. The first-order chi connectivity index (χ1) is 12.5. The van der Waals surface area contributed by atoms with E-state index in [9.17, 15) is 14.7 Å². The summed E-state index contributed by atoms with van der Waals surface area (Å²) in [5.41, 5.74) is 2.06. The highest BCUT2D eigenvalue weighted by Gasteiger charge is 2.42. The van der Waals surface area contributed by atoms with E-state index in [-0.39, 0.29) is 29.4 Å². The Labute approximate surface area is 149 Å². The number of aromatic hydroxyl groups is 1. The molecule has 1 amide bonds. The van der Waals surface area contributed by atoms with Gasteiger partial charge in [0.25, 0.3) is 5.91 Å². The van der Waals surface area contributed by atoms with Crippen molar-refractivity contribution < 1.29 is 14.3 Å². The largest absolute Gasteiger partial charge is 0.508 e. The van der Waals surface area contributed by atoms with E-state index in [4.69, 9.17) is 4.42 Å². The summed E-state index contributed by atoms with van der Waals surface area (Å²) in [5, 5.41) is 10.3. The fourth-order valence-corrected chi connectivity index (χ4v) is 3.50. The number of carbonyl (C=O) groups excluding carboxylic acids is 1. The molecule has 0 radical (unpaired) electrons. The lowest BCUT2D eigenvalue weighted by molar-refractivity contribution is 0.0748. The number of carbonyl (C=O) groups is 1. The molecule has 3 aromatic rings. The summed E-state index contributed by atoms with van der Waals surface area (Å²) in [6.45, 7) is 5.86. The van der Waals surface area contributed by atoms with Gasteiger partial charge in [-0.2, -0.15) is 0 Å². The Balaban J connectivity index is 2.04. The molecule has 0 saturated carbocycles. The molecule has 0 saturated heterocycles. The Morgan fingerprint density at radius 3 is 2.77 bits per heavy atom. The number of phenols is 1. The van der Waals surface area contributed by atoms with Crippen molar-refractivity contribution in [2.75, 3.05) is 6.54 Å².